The highest BCUT2D eigenvalue weighted by molar-refractivity contribution is 7.89. The van der Waals surface area contributed by atoms with Crippen LogP contribution in [0, 0.1) is 0 Å². The monoisotopic (exact) mass is 455 g/mol. The van der Waals surface area contributed by atoms with Gasteiger partial charge in [0.15, 0.2) is 10.9 Å². The number of hydrogen-bond acceptors (Lipinski definition) is 8. The Bertz CT molecular complexity index is 1360. The summed E-state index contributed by atoms with van der Waals surface area (Å²) in [5, 5.41) is 7.16. The molecular formula is C19H17N7O3S2. The molecule has 1 aliphatic rings. The van der Waals surface area contributed by atoms with E-state index < -0.39 is 10.0 Å². The number of nitrogens with zero attached hydrogens (tertiary/aromatic N) is 6. The molecule has 0 radical (unpaired) electrons. The summed E-state index contributed by atoms with van der Waals surface area (Å²) in [5.74, 6) is 0.110. The zero-order chi connectivity index (χ0) is 21.4. The van der Waals surface area contributed by atoms with Gasteiger partial charge >= 0.3 is 0 Å². The van der Waals surface area contributed by atoms with Crippen molar-refractivity contribution < 1.29 is 13.2 Å². The fourth-order valence-corrected chi connectivity index (χ4v) is 5.90. The molecule has 1 N–H and O–H groups in total. The van der Waals surface area contributed by atoms with Crippen molar-refractivity contribution >= 4 is 42.6 Å². The van der Waals surface area contributed by atoms with E-state index in [-0.39, 0.29) is 10.8 Å². The van der Waals surface area contributed by atoms with Crippen molar-refractivity contribution in [3.8, 4) is 5.82 Å². The summed E-state index contributed by atoms with van der Waals surface area (Å²) in [4.78, 5) is 25.4. The van der Waals surface area contributed by atoms with Crippen molar-refractivity contribution in [2.45, 2.75) is 17.7 Å². The number of rotatable bonds is 5. The molecule has 0 unspecified atom stereocenters. The Kier molecular flexibility index (Phi) is 4.96. The van der Waals surface area contributed by atoms with E-state index in [1.807, 2.05) is 0 Å². The predicted octanol–water partition coefficient (Wildman–Crippen LogP) is 2.31. The Morgan fingerprint density at radius 1 is 1.13 bits per heavy atom. The SMILES string of the molecule is O=C(Nc1nc2ccc(S(=O)(=O)N3CCCC3)cc2s1)c1ccnc(-n2cncn2)c1. The lowest BCUT2D eigenvalue weighted by Gasteiger charge is -2.15. The van der Waals surface area contributed by atoms with Crippen LogP contribution in [-0.4, -0.2) is 56.5 Å². The maximum absolute atomic E-state index is 12.8. The molecule has 3 aromatic heterocycles. The number of sulfonamides is 1. The third-order valence-corrected chi connectivity index (χ3v) is 7.77. The molecule has 1 saturated heterocycles. The fourth-order valence-electron chi connectivity index (χ4n) is 3.38. The molecule has 1 fully saturated rings. The lowest BCUT2D eigenvalue weighted by Crippen LogP contribution is -2.27. The van der Waals surface area contributed by atoms with Crippen molar-refractivity contribution in [3.05, 3.63) is 54.7 Å². The second-order valence-corrected chi connectivity index (χ2v) is 9.93. The van der Waals surface area contributed by atoms with Gasteiger partial charge in [-0.1, -0.05) is 11.3 Å². The van der Waals surface area contributed by atoms with Gasteiger partial charge in [-0.05, 0) is 43.2 Å². The van der Waals surface area contributed by atoms with E-state index >= 15 is 0 Å². The van der Waals surface area contributed by atoms with Crippen LogP contribution >= 0.6 is 11.3 Å². The number of thiazole rings is 1. The Morgan fingerprint density at radius 3 is 2.74 bits per heavy atom. The number of hydrogen-bond donors (Lipinski definition) is 1. The van der Waals surface area contributed by atoms with Crippen LogP contribution in [0.25, 0.3) is 16.0 Å². The van der Waals surface area contributed by atoms with Crippen LogP contribution in [0.5, 0.6) is 0 Å². The van der Waals surface area contributed by atoms with Gasteiger partial charge in [-0.25, -0.2) is 28.1 Å². The van der Waals surface area contributed by atoms with E-state index in [0.717, 1.165) is 12.8 Å². The van der Waals surface area contributed by atoms with Gasteiger partial charge in [-0.2, -0.15) is 9.40 Å². The molecule has 4 aromatic rings. The first kappa shape index (κ1) is 19.7. The molecule has 1 amide bonds. The maximum Gasteiger partial charge on any atom is 0.257 e. The molecular weight excluding hydrogens is 438 g/mol. The molecule has 0 spiro atoms. The van der Waals surface area contributed by atoms with E-state index in [2.05, 4.69) is 25.4 Å². The number of fused-ring (bicyclic) bond motifs is 1. The number of benzene rings is 1. The number of nitrogens with one attached hydrogen (secondary N) is 1. The van der Waals surface area contributed by atoms with Gasteiger partial charge in [0, 0.05) is 24.8 Å². The number of amides is 1. The Balaban J connectivity index is 1.39. The van der Waals surface area contributed by atoms with E-state index in [9.17, 15) is 13.2 Å². The first-order valence-corrected chi connectivity index (χ1v) is 11.8. The summed E-state index contributed by atoms with van der Waals surface area (Å²) < 4.78 is 29.3. The normalized spacial score (nSPS) is 14.8. The summed E-state index contributed by atoms with van der Waals surface area (Å²) in [6.45, 7) is 1.10. The van der Waals surface area contributed by atoms with Crippen molar-refractivity contribution in [2.24, 2.45) is 0 Å². The predicted molar refractivity (Wildman–Crippen MR) is 115 cm³/mol. The van der Waals surface area contributed by atoms with Gasteiger partial charge in [-0.3, -0.25) is 10.1 Å². The van der Waals surface area contributed by atoms with Gasteiger partial charge in [-0.15, -0.1) is 0 Å². The lowest BCUT2D eigenvalue weighted by atomic mass is 10.2. The Hall–Kier alpha value is -3.22. The first-order chi connectivity index (χ1) is 15.0. The second kappa shape index (κ2) is 7.80. The van der Waals surface area contributed by atoms with Gasteiger partial charge in [0.25, 0.3) is 5.91 Å². The van der Waals surface area contributed by atoms with E-state index in [0.29, 0.717) is 39.8 Å². The van der Waals surface area contributed by atoms with Gasteiger partial charge in [0.1, 0.15) is 12.7 Å². The highest BCUT2D eigenvalue weighted by Gasteiger charge is 2.27. The topological polar surface area (TPSA) is 123 Å². The third-order valence-electron chi connectivity index (χ3n) is 4.94. The van der Waals surface area contributed by atoms with Crippen molar-refractivity contribution in [3.63, 3.8) is 0 Å². The number of pyridine rings is 1. The van der Waals surface area contributed by atoms with Crippen LogP contribution in [0.4, 0.5) is 5.13 Å². The van der Waals surface area contributed by atoms with Crippen molar-refractivity contribution in [2.75, 3.05) is 18.4 Å². The zero-order valence-electron chi connectivity index (χ0n) is 16.2. The molecule has 0 bridgehead atoms. The summed E-state index contributed by atoms with van der Waals surface area (Å²) in [6.07, 6.45) is 6.15. The summed E-state index contributed by atoms with van der Waals surface area (Å²) in [5.41, 5.74) is 1.01. The number of anilines is 1. The molecule has 1 aromatic carbocycles. The largest absolute Gasteiger partial charge is 0.298 e. The smallest absolute Gasteiger partial charge is 0.257 e. The molecule has 10 nitrogen and oxygen atoms in total. The number of aromatic nitrogens is 5. The van der Waals surface area contributed by atoms with Crippen molar-refractivity contribution in [1.29, 1.82) is 0 Å². The maximum atomic E-state index is 12.8. The lowest BCUT2D eigenvalue weighted by molar-refractivity contribution is 0.102. The molecule has 31 heavy (non-hydrogen) atoms. The third kappa shape index (κ3) is 3.80. The van der Waals surface area contributed by atoms with E-state index in [1.54, 1.807) is 30.3 Å². The van der Waals surface area contributed by atoms with E-state index in [4.69, 9.17) is 0 Å². The summed E-state index contributed by atoms with van der Waals surface area (Å²) >= 11 is 1.23. The van der Waals surface area contributed by atoms with Crippen LogP contribution in [0.1, 0.15) is 23.2 Å². The Morgan fingerprint density at radius 2 is 1.97 bits per heavy atom. The fraction of sp³-hybridized carbons (Fsp3) is 0.211. The Labute approximate surface area is 181 Å². The van der Waals surface area contributed by atoms with Gasteiger partial charge in [0.05, 0.1) is 15.1 Å². The van der Waals surface area contributed by atoms with Gasteiger partial charge in [0.2, 0.25) is 10.0 Å². The van der Waals surface area contributed by atoms with Crippen LogP contribution in [0.3, 0.4) is 0 Å². The molecule has 0 atom stereocenters. The standard InChI is InChI=1S/C19H17N7O3S2/c27-18(13-5-6-21-17(9-13)26-12-20-11-22-26)24-19-23-15-4-3-14(10-16(15)30-19)31(28,29)25-7-1-2-8-25/h3-6,9-12H,1-2,7-8H2,(H,23,24,27). The van der Waals surface area contributed by atoms with E-state index in [1.165, 1.54) is 39.2 Å². The molecule has 158 valence electrons. The zero-order valence-corrected chi connectivity index (χ0v) is 17.8. The molecule has 4 heterocycles. The minimum Gasteiger partial charge on any atom is -0.298 e. The highest BCUT2D eigenvalue weighted by atomic mass is 32.2. The molecule has 1 aliphatic heterocycles. The first-order valence-electron chi connectivity index (χ1n) is 9.54. The van der Waals surface area contributed by atoms with Crippen LogP contribution in [0.15, 0.2) is 54.1 Å². The second-order valence-electron chi connectivity index (χ2n) is 6.96. The van der Waals surface area contributed by atoms with Crippen LogP contribution in [0.2, 0.25) is 0 Å². The minimum atomic E-state index is -3.51. The van der Waals surface area contributed by atoms with Crippen LogP contribution < -0.4 is 5.32 Å². The van der Waals surface area contributed by atoms with Crippen LogP contribution in [-0.2, 0) is 10.0 Å². The molecule has 5 rings (SSSR count). The van der Waals surface area contributed by atoms with Crippen molar-refractivity contribution in [1.82, 2.24) is 29.0 Å². The average molecular weight is 456 g/mol. The number of carbonyl (C=O) groups excluding carboxylic acids is 1. The van der Waals surface area contributed by atoms with Gasteiger partial charge < -0.3 is 0 Å². The summed E-state index contributed by atoms with van der Waals surface area (Å²) in [7, 11) is -3.51. The minimum absolute atomic E-state index is 0.245. The highest BCUT2D eigenvalue weighted by Crippen LogP contribution is 2.30. The average Bonchev–Trinajstić information content (AvgIpc) is 3.55. The number of carbonyl (C=O) groups is 1. The summed E-state index contributed by atoms with van der Waals surface area (Å²) in [6, 6.07) is 8.03. The quantitative estimate of drug-likeness (QED) is 0.490. The molecule has 12 heteroatoms. The molecule has 0 aliphatic carbocycles. The molecule has 0 saturated carbocycles.